The van der Waals surface area contributed by atoms with Gasteiger partial charge in [-0.25, -0.2) is 4.79 Å². The number of rotatable bonds is 6. The van der Waals surface area contributed by atoms with Crippen LogP contribution < -0.4 is 10.6 Å². The number of carbonyl (C=O) groups is 3. The van der Waals surface area contributed by atoms with Crippen molar-refractivity contribution >= 4 is 17.8 Å². The fraction of sp³-hybridized carbons (Fsp3) is 0.550. The molecule has 0 unspecified atom stereocenters. The Bertz CT molecular complexity index is 697. The summed E-state index contributed by atoms with van der Waals surface area (Å²) in [5.74, 6) is -0.0954. The predicted octanol–water partition coefficient (Wildman–Crippen LogP) is 2.74. The maximum atomic E-state index is 12.9. The molecule has 0 aliphatic carbocycles. The van der Waals surface area contributed by atoms with Gasteiger partial charge in [0.05, 0.1) is 0 Å². The summed E-state index contributed by atoms with van der Waals surface area (Å²) in [4.78, 5) is 38.4. The van der Waals surface area contributed by atoms with Gasteiger partial charge in [-0.1, -0.05) is 52.0 Å². The molecule has 1 aliphatic heterocycles. The molecule has 1 fully saturated rings. The van der Waals surface area contributed by atoms with E-state index in [0.717, 1.165) is 10.5 Å². The highest BCUT2D eigenvalue weighted by Crippen LogP contribution is 2.29. The van der Waals surface area contributed by atoms with Crippen LogP contribution in [-0.2, 0) is 15.1 Å². The van der Waals surface area contributed by atoms with Gasteiger partial charge in [0.1, 0.15) is 12.1 Å². The SMILES string of the molecule is CC(C)c1ccc([C@]2(C)NC(=O)N(CC(=O)N[C@@H](C)C(C)C)C2=O)cc1. The van der Waals surface area contributed by atoms with E-state index in [2.05, 4.69) is 24.5 Å². The Labute approximate surface area is 155 Å². The number of nitrogens with zero attached hydrogens (tertiary/aromatic N) is 1. The molecule has 4 amide bonds. The number of nitrogens with one attached hydrogen (secondary N) is 2. The standard InChI is InChI=1S/C20H29N3O3/c1-12(2)14(5)21-17(24)11-23-18(25)20(6,22-19(23)26)16-9-7-15(8-10-16)13(3)4/h7-10,12-14H,11H2,1-6H3,(H,21,24)(H,22,26)/t14-,20-/m0/s1. The molecular formula is C20H29N3O3. The normalized spacial score (nSPS) is 21.3. The van der Waals surface area contributed by atoms with Crippen LogP contribution in [0.4, 0.5) is 4.79 Å². The van der Waals surface area contributed by atoms with Crippen LogP contribution in [0, 0.1) is 5.92 Å². The average molecular weight is 359 g/mol. The maximum Gasteiger partial charge on any atom is 0.325 e. The lowest BCUT2D eigenvalue weighted by Crippen LogP contribution is -2.46. The lowest BCUT2D eigenvalue weighted by molar-refractivity contribution is -0.135. The second kappa shape index (κ2) is 7.48. The second-order valence-corrected chi connectivity index (χ2v) is 7.82. The molecule has 0 bridgehead atoms. The van der Waals surface area contributed by atoms with E-state index in [-0.39, 0.29) is 24.4 Å². The zero-order valence-electron chi connectivity index (χ0n) is 16.4. The van der Waals surface area contributed by atoms with E-state index in [0.29, 0.717) is 11.5 Å². The molecule has 0 aromatic heterocycles. The monoisotopic (exact) mass is 359 g/mol. The van der Waals surface area contributed by atoms with Crippen molar-refractivity contribution in [3.05, 3.63) is 35.4 Å². The van der Waals surface area contributed by atoms with Crippen molar-refractivity contribution in [1.29, 1.82) is 0 Å². The number of hydrogen-bond acceptors (Lipinski definition) is 3. The van der Waals surface area contributed by atoms with Crippen molar-refractivity contribution in [1.82, 2.24) is 15.5 Å². The third-order valence-corrected chi connectivity index (χ3v) is 5.12. The van der Waals surface area contributed by atoms with Crippen molar-refractivity contribution in [3.63, 3.8) is 0 Å². The van der Waals surface area contributed by atoms with Gasteiger partial charge < -0.3 is 10.6 Å². The van der Waals surface area contributed by atoms with Crippen LogP contribution in [0.1, 0.15) is 58.6 Å². The van der Waals surface area contributed by atoms with Crippen LogP contribution in [0.2, 0.25) is 0 Å². The largest absolute Gasteiger partial charge is 0.352 e. The quantitative estimate of drug-likeness (QED) is 0.767. The summed E-state index contributed by atoms with van der Waals surface area (Å²) in [6.45, 7) is 11.5. The number of benzene rings is 1. The first kappa shape index (κ1) is 19.9. The van der Waals surface area contributed by atoms with Gasteiger partial charge in [0, 0.05) is 6.04 Å². The van der Waals surface area contributed by atoms with Crippen LogP contribution in [0.25, 0.3) is 0 Å². The summed E-state index contributed by atoms with van der Waals surface area (Å²) in [5, 5.41) is 5.56. The molecule has 2 atom stereocenters. The fourth-order valence-corrected chi connectivity index (χ4v) is 2.85. The van der Waals surface area contributed by atoms with Crippen molar-refractivity contribution in [3.8, 4) is 0 Å². The van der Waals surface area contributed by atoms with Crippen molar-refractivity contribution in [2.45, 2.75) is 59.0 Å². The smallest absolute Gasteiger partial charge is 0.325 e. The van der Waals surface area contributed by atoms with Gasteiger partial charge >= 0.3 is 6.03 Å². The minimum atomic E-state index is -1.16. The fourth-order valence-electron chi connectivity index (χ4n) is 2.85. The van der Waals surface area contributed by atoms with E-state index in [1.807, 2.05) is 45.0 Å². The van der Waals surface area contributed by atoms with Gasteiger partial charge in [0.25, 0.3) is 5.91 Å². The first-order valence-corrected chi connectivity index (χ1v) is 9.10. The first-order valence-electron chi connectivity index (χ1n) is 9.10. The Morgan fingerprint density at radius 1 is 1.12 bits per heavy atom. The summed E-state index contributed by atoms with van der Waals surface area (Å²) < 4.78 is 0. The van der Waals surface area contributed by atoms with Crippen molar-refractivity contribution in [2.75, 3.05) is 6.54 Å². The van der Waals surface area contributed by atoms with E-state index in [1.54, 1.807) is 6.92 Å². The molecule has 2 N–H and O–H groups in total. The van der Waals surface area contributed by atoms with Gasteiger partial charge in [-0.2, -0.15) is 0 Å². The Morgan fingerprint density at radius 3 is 2.19 bits per heavy atom. The molecule has 0 spiro atoms. The molecule has 6 nitrogen and oxygen atoms in total. The molecule has 1 saturated heterocycles. The molecule has 6 heteroatoms. The van der Waals surface area contributed by atoms with E-state index in [1.165, 1.54) is 0 Å². The number of imide groups is 1. The lowest BCUT2D eigenvalue weighted by Gasteiger charge is -2.23. The third-order valence-electron chi connectivity index (χ3n) is 5.12. The number of hydrogen-bond donors (Lipinski definition) is 2. The zero-order valence-corrected chi connectivity index (χ0v) is 16.4. The number of urea groups is 1. The van der Waals surface area contributed by atoms with Crippen LogP contribution in [0.15, 0.2) is 24.3 Å². The molecule has 142 valence electrons. The van der Waals surface area contributed by atoms with Gasteiger partial charge in [0.15, 0.2) is 0 Å². The molecule has 1 aromatic rings. The van der Waals surface area contributed by atoms with E-state index < -0.39 is 17.5 Å². The van der Waals surface area contributed by atoms with Gasteiger partial charge in [-0.05, 0) is 36.8 Å². The topological polar surface area (TPSA) is 78.5 Å². The summed E-state index contributed by atoms with van der Waals surface area (Å²) in [6, 6.07) is 7.07. The van der Waals surface area contributed by atoms with Gasteiger partial charge in [-0.3, -0.25) is 14.5 Å². The minimum absolute atomic E-state index is 0.0294. The molecule has 0 saturated carbocycles. The highest BCUT2D eigenvalue weighted by molar-refractivity contribution is 6.09. The number of amides is 4. The average Bonchev–Trinajstić information content (AvgIpc) is 2.79. The minimum Gasteiger partial charge on any atom is -0.352 e. The van der Waals surface area contributed by atoms with Crippen LogP contribution in [0.3, 0.4) is 0 Å². The molecule has 0 radical (unpaired) electrons. The van der Waals surface area contributed by atoms with Gasteiger partial charge in [-0.15, -0.1) is 0 Å². The van der Waals surface area contributed by atoms with Crippen LogP contribution in [0.5, 0.6) is 0 Å². The molecular weight excluding hydrogens is 330 g/mol. The van der Waals surface area contributed by atoms with E-state index in [9.17, 15) is 14.4 Å². The Morgan fingerprint density at radius 2 is 1.69 bits per heavy atom. The second-order valence-electron chi connectivity index (χ2n) is 7.82. The van der Waals surface area contributed by atoms with Crippen LogP contribution >= 0.6 is 0 Å². The molecule has 1 aliphatic rings. The Kier molecular flexibility index (Phi) is 5.74. The number of carbonyl (C=O) groups excluding carboxylic acids is 3. The maximum absolute atomic E-state index is 12.9. The summed E-state index contributed by atoms with van der Waals surface area (Å²) in [7, 11) is 0. The molecule has 26 heavy (non-hydrogen) atoms. The highest BCUT2D eigenvalue weighted by atomic mass is 16.2. The Hall–Kier alpha value is -2.37. The highest BCUT2D eigenvalue weighted by Gasteiger charge is 2.49. The lowest BCUT2D eigenvalue weighted by atomic mass is 9.90. The predicted molar refractivity (Wildman–Crippen MR) is 101 cm³/mol. The molecule has 1 heterocycles. The van der Waals surface area contributed by atoms with Gasteiger partial charge in [0.2, 0.25) is 5.91 Å². The van der Waals surface area contributed by atoms with E-state index >= 15 is 0 Å². The Balaban J connectivity index is 2.15. The zero-order chi connectivity index (χ0) is 19.6. The summed E-state index contributed by atoms with van der Waals surface area (Å²) in [6.07, 6.45) is 0. The van der Waals surface area contributed by atoms with Crippen molar-refractivity contribution < 1.29 is 14.4 Å². The summed E-state index contributed by atoms with van der Waals surface area (Å²) in [5.41, 5.74) is 0.711. The third kappa shape index (κ3) is 3.89. The molecule has 1 aromatic carbocycles. The van der Waals surface area contributed by atoms with Crippen molar-refractivity contribution in [2.24, 2.45) is 5.92 Å². The first-order chi connectivity index (χ1) is 12.1. The van der Waals surface area contributed by atoms with E-state index in [4.69, 9.17) is 0 Å². The molecule has 2 rings (SSSR count). The summed E-state index contributed by atoms with van der Waals surface area (Å²) >= 11 is 0. The van der Waals surface area contributed by atoms with Crippen LogP contribution in [-0.4, -0.2) is 35.3 Å².